The highest BCUT2D eigenvalue weighted by molar-refractivity contribution is 6.32. The van der Waals surface area contributed by atoms with Crippen LogP contribution in [0.1, 0.15) is 37.7 Å². The summed E-state index contributed by atoms with van der Waals surface area (Å²) in [4.78, 5) is 0. The molecule has 3 nitrogen and oxygen atoms in total. The highest BCUT2D eigenvalue weighted by Gasteiger charge is 2.30. The molecule has 0 spiro atoms. The van der Waals surface area contributed by atoms with Crippen LogP contribution in [-0.4, -0.2) is 17.3 Å². The van der Waals surface area contributed by atoms with E-state index in [4.69, 9.17) is 22.1 Å². The van der Waals surface area contributed by atoms with E-state index in [0.29, 0.717) is 23.9 Å². The Balaban J connectivity index is 1.97. The van der Waals surface area contributed by atoms with Crippen LogP contribution in [0.15, 0.2) is 18.2 Å². The van der Waals surface area contributed by atoms with Crippen molar-refractivity contribution in [2.24, 2.45) is 5.73 Å². The second kappa shape index (κ2) is 5.91. The monoisotopic (exact) mass is 269 g/mol. The van der Waals surface area contributed by atoms with Gasteiger partial charge in [-0.25, -0.2) is 0 Å². The molecule has 0 aliphatic heterocycles. The number of aliphatic hydroxyl groups is 1. The van der Waals surface area contributed by atoms with E-state index < -0.39 is 5.60 Å². The lowest BCUT2D eigenvalue weighted by molar-refractivity contribution is -0.0338. The van der Waals surface area contributed by atoms with E-state index in [1.165, 1.54) is 6.42 Å². The summed E-state index contributed by atoms with van der Waals surface area (Å²) in [5.74, 6) is 0.618. The van der Waals surface area contributed by atoms with Crippen LogP contribution in [0, 0.1) is 0 Å². The Kier molecular flexibility index (Phi) is 4.49. The van der Waals surface area contributed by atoms with Gasteiger partial charge in [0.15, 0.2) is 0 Å². The largest absolute Gasteiger partial charge is 0.489 e. The first-order valence-electron chi connectivity index (χ1n) is 6.47. The molecule has 3 N–H and O–H groups in total. The van der Waals surface area contributed by atoms with Crippen LogP contribution in [0.2, 0.25) is 5.02 Å². The Labute approximate surface area is 113 Å². The van der Waals surface area contributed by atoms with Crippen LogP contribution in [0.3, 0.4) is 0 Å². The van der Waals surface area contributed by atoms with E-state index in [1.54, 1.807) is 0 Å². The molecule has 1 aromatic rings. The summed E-state index contributed by atoms with van der Waals surface area (Å²) < 4.78 is 5.66. The summed E-state index contributed by atoms with van der Waals surface area (Å²) in [7, 11) is 0. The highest BCUT2D eigenvalue weighted by Crippen LogP contribution is 2.31. The van der Waals surface area contributed by atoms with Gasteiger partial charge in [-0.15, -0.1) is 0 Å². The third-order valence-electron chi connectivity index (χ3n) is 3.51. The van der Waals surface area contributed by atoms with Gasteiger partial charge in [-0.3, -0.25) is 0 Å². The van der Waals surface area contributed by atoms with Crippen molar-refractivity contribution in [2.45, 2.75) is 44.2 Å². The van der Waals surface area contributed by atoms with Gasteiger partial charge in [0.05, 0.1) is 10.6 Å². The maximum atomic E-state index is 10.3. The molecular weight excluding hydrogens is 250 g/mol. The third-order valence-corrected chi connectivity index (χ3v) is 3.81. The van der Waals surface area contributed by atoms with E-state index in [-0.39, 0.29) is 0 Å². The molecule has 0 radical (unpaired) electrons. The summed E-state index contributed by atoms with van der Waals surface area (Å²) in [6.07, 6.45) is 4.96. The van der Waals surface area contributed by atoms with Crippen LogP contribution in [0.5, 0.6) is 5.75 Å². The first-order valence-corrected chi connectivity index (χ1v) is 6.84. The summed E-state index contributed by atoms with van der Waals surface area (Å²) >= 11 is 6.11. The molecule has 100 valence electrons. The molecule has 2 rings (SSSR count). The summed E-state index contributed by atoms with van der Waals surface area (Å²) in [6, 6.07) is 5.52. The normalized spacial score (nSPS) is 18.6. The predicted molar refractivity (Wildman–Crippen MR) is 72.9 cm³/mol. The maximum absolute atomic E-state index is 10.3. The second-order valence-corrected chi connectivity index (χ2v) is 5.45. The smallest absolute Gasteiger partial charge is 0.138 e. The van der Waals surface area contributed by atoms with Crippen LogP contribution in [-0.2, 0) is 6.54 Å². The minimum atomic E-state index is -0.686. The van der Waals surface area contributed by atoms with E-state index in [9.17, 15) is 5.11 Å². The molecular formula is C14H20ClNO2. The lowest BCUT2D eigenvalue weighted by Gasteiger charge is -2.31. The van der Waals surface area contributed by atoms with Crippen molar-refractivity contribution in [2.75, 3.05) is 6.61 Å². The van der Waals surface area contributed by atoms with E-state index in [0.717, 1.165) is 31.2 Å². The lowest BCUT2D eigenvalue weighted by atomic mass is 9.85. The molecule has 0 aromatic heterocycles. The Bertz CT molecular complexity index is 403. The Morgan fingerprint density at radius 2 is 2.00 bits per heavy atom. The maximum Gasteiger partial charge on any atom is 0.138 e. The molecule has 1 fully saturated rings. The van der Waals surface area contributed by atoms with Gasteiger partial charge in [-0.2, -0.15) is 0 Å². The zero-order valence-corrected chi connectivity index (χ0v) is 11.2. The summed E-state index contributed by atoms with van der Waals surface area (Å²) in [6.45, 7) is 0.776. The number of benzene rings is 1. The number of rotatable bonds is 4. The first kappa shape index (κ1) is 13.7. The molecule has 1 aliphatic rings. The van der Waals surface area contributed by atoms with E-state index in [2.05, 4.69) is 0 Å². The molecule has 1 aromatic carbocycles. The molecule has 1 saturated carbocycles. The molecule has 4 heteroatoms. The van der Waals surface area contributed by atoms with Crippen molar-refractivity contribution in [3.05, 3.63) is 28.8 Å². The van der Waals surface area contributed by atoms with Crippen molar-refractivity contribution < 1.29 is 9.84 Å². The molecule has 1 aliphatic carbocycles. The van der Waals surface area contributed by atoms with Gasteiger partial charge in [0.2, 0.25) is 0 Å². The van der Waals surface area contributed by atoms with Gasteiger partial charge in [0, 0.05) is 6.54 Å². The second-order valence-electron chi connectivity index (χ2n) is 5.04. The zero-order valence-electron chi connectivity index (χ0n) is 10.5. The van der Waals surface area contributed by atoms with Gasteiger partial charge in [-0.1, -0.05) is 36.9 Å². The SMILES string of the molecule is NCc1ccc(OCC2(O)CCCCC2)c(Cl)c1. The minimum Gasteiger partial charge on any atom is -0.489 e. The Morgan fingerprint density at radius 3 is 2.61 bits per heavy atom. The number of nitrogens with two attached hydrogens (primary N) is 1. The zero-order chi connectivity index (χ0) is 13.0. The average Bonchev–Trinajstić information content (AvgIpc) is 2.38. The fourth-order valence-electron chi connectivity index (χ4n) is 2.35. The fraction of sp³-hybridized carbons (Fsp3) is 0.571. The summed E-state index contributed by atoms with van der Waals surface area (Å²) in [5.41, 5.74) is 5.83. The first-order chi connectivity index (χ1) is 8.63. The van der Waals surface area contributed by atoms with E-state index >= 15 is 0 Å². The molecule has 0 unspecified atom stereocenters. The fourth-order valence-corrected chi connectivity index (χ4v) is 2.61. The highest BCUT2D eigenvalue weighted by atomic mass is 35.5. The number of hydrogen-bond acceptors (Lipinski definition) is 3. The van der Waals surface area contributed by atoms with Crippen molar-refractivity contribution >= 4 is 11.6 Å². The Hall–Kier alpha value is -0.770. The molecule has 0 atom stereocenters. The molecule has 0 bridgehead atoms. The average molecular weight is 270 g/mol. The van der Waals surface area contributed by atoms with Crippen LogP contribution in [0.4, 0.5) is 0 Å². The van der Waals surface area contributed by atoms with Crippen LogP contribution in [0.25, 0.3) is 0 Å². The molecule has 0 saturated heterocycles. The quantitative estimate of drug-likeness (QED) is 0.884. The number of ether oxygens (including phenoxy) is 1. The minimum absolute atomic E-state index is 0.314. The third kappa shape index (κ3) is 3.37. The van der Waals surface area contributed by atoms with Crippen molar-refractivity contribution in [1.29, 1.82) is 0 Å². The lowest BCUT2D eigenvalue weighted by Crippen LogP contribution is -2.37. The van der Waals surface area contributed by atoms with Crippen LogP contribution < -0.4 is 10.5 Å². The predicted octanol–water partition coefficient (Wildman–Crippen LogP) is 2.87. The van der Waals surface area contributed by atoms with Crippen molar-refractivity contribution in [3.8, 4) is 5.75 Å². The summed E-state index contributed by atoms with van der Waals surface area (Å²) in [5, 5.41) is 10.9. The van der Waals surface area contributed by atoms with Crippen molar-refractivity contribution in [1.82, 2.24) is 0 Å². The van der Waals surface area contributed by atoms with Gasteiger partial charge in [-0.05, 0) is 30.5 Å². The molecule has 18 heavy (non-hydrogen) atoms. The van der Waals surface area contributed by atoms with E-state index in [1.807, 2.05) is 18.2 Å². The Morgan fingerprint density at radius 1 is 1.28 bits per heavy atom. The molecule has 0 amide bonds. The topological polar surface area (TPSA) is 55.5 Å². The van der Waals surface area contributed by atoms with Gasteiger partial charge in [0.1, 0.15) is 12.4 Å². The number of hydrogen-bond donors (Lipinski definition) is 2. The number of halogens is 1. The standard InChI is InChI=1S/C14H20ClNO2/c15-12-8-11(9-16)4-5-13(12)18-10-14(17)6-2-1-3-7-14/h4-5,8,17H,1-3,6-7,9-10,16H2. The van der Waals surface area contributed by atoms with Gasteiger partial charge in [0.25, 0.3) is 0 Å². The van der Waals surface area contributed by atoms with Crippen molar-refractivity contribution in [3.63, 3.8) is 0 Å². The van der Waals surface area contributed by atoms with Gasteiger partial charge < -0.3 is 15.6 Å². The van der Waals surface area contributed by atoms with Gasteiger partial charge >= 0.3 is 0 Å². The molecule has 0 heterocycles. The van der Waals surface area contributed by atoms with Crippen LogP contribution >= 0.6 is 11.6 Å².